The molecule has 1 aromatic heterocycles. The number of methoxy groups -OCH3 is 2. The number of ether oxygens (including phenoxy) is 2. The number of nitrogens with one attached hydrogen (secondary N) is 1. The normalized spacial score (nSPS) is 11.5. The summed E-state index contributed by atoms with van der Waals surface area (Å²) in [7, 11) is 5.24. The van der Waals surface area contributed by atoms with Crippen molar-refractivity contribution in [2.24, 2.45) is 0 Å². The number of hydrogen-bond acceptors (Lipinski definition) is 4. The van der Waals surface area contributed by atoms with Crippen molar-refractivity contribution in [2.45, 2.75) is 25.9 Å². The van der Waals surface area contributed by atoms with E-state index in [1.807, 2.05) is 37.8 Å². The Labute approximate surface area is 125 Å². The zero-order chi connectivity index (χ0) is 15.5. The molecule has 0 radical (unpaired) electrons. The molecular weight excluding hydrogens is 266 g/mol. The van der Waals surface area contributed by atoms with Gasteiger partial charge < -0.3 is 19.4 Å². The summed E-state index contributed by atoms with van der Waals surface area (Å²) in [5, 5.41) is 3.31. The molecule has 0 atom stereocenters. The van der Waals surface area contributed by atoms with E-state index in [9.17, 15) is 0 Å². The van der Waals surface area contributed by atoms with Gasteiger partial charge in [-0.25, -0.2) is 4.98 Å². The summed E-state index contributed by atoms with van der Waals surface area (Å²) < 4.78 is 12.8. The summed E-state index contributed by atoms with van der Waals surface area (Å²) in [6.45, 7) is 5.00. The van der Waals surface area contributed by atoms with Crippen molar-refractivity contribution in [3.05, 3.63) is 42.0 Å². The molecule has 0 aliphatic carbocycles. The topological polar surface area (TPSA) is 48.3 Å². The molecule has 2 rings (SSSR count). The van der Waals surface area contributed by atoms with Gasteiger partial charge in [-0.2, -0.15) is 0 Å². The average molecular weight is 289 g/mol. The molecule has 1 N–H and O–H groups in total. The van der Waals surface area contributed by atoms with Gasteiger partial charge in [-0.1, -0.05) is 6.07 Å². The van der Waals surface area contributed by atoms with Crippen LogP contribution in [0, 0.1) is 0 Å². The van der Waals surface area contributed by atoms with Crippen LogP contribution in [0.1, 0.15) is 25.1 Å². The van der Waals surface area contributed by atoms with Crippen molar-refractivity contribution in [1.29, 1.82) is 0 Å². The Morgan fingerprint density at radius 2 is 1.90 bits per heavy atom. The molecule has 114 valence electrons. The number of benzene rings is 1. The lowest BCUT2D eigenvalue weighted by Gasteiger charge is -2.25. The second-order valence-electron chi connectivity index (χ2n) is 5.47. The summed E-state index contributed by atoms with van der Waals surface area (Å²) in [6, 6.07) is 5.96. The van der Waals surface area contributed by atoms with Gasteiger partial charge in [-0.05, 0) is 38.6 Å². The molecule has 1 aromatic carbocycles. The van der Waals surface area contributed by atoms with Gasteiger partial charge >= 0.3 is 0 Å². The SMILES string of the molecule is CNC(C)(C)c1cncn1Cc1ccc(OC)c(OC)c1. The lowest BCUT2D eigenvalue weighted by Crippen LogP contribution is -2.35. The van der Waals surface area contributed by atoms with Crippen LogP contribution < -0.4 is 14.8 Å². The maximum absolute atomic E-state index is 5.35. The van der Waals surface area contributed by atoms with Gasteiger partial charge in [0.05, 0.1) is 38.0 Å². The third-order valence-corrected chi connectivity index (χ3v) is 3.78. The second-order valence-corrected chi connectivity index (χ2v) is 5.47. The predicted octanol–water partition coefficient (Wildman–Crippen LogP) is 2.40. The number of imidazole rings is 1. The Hall–Kier alpha value is -2.01. The molecule has 2 aromatic rings. The van der Waals surface area contributed by atoms with Crippen molar-refractivity contribution in [3.8, 4) is 11.5 Å². The van der Waals surface area contributed by atoms with Crippen LogP contribution in [0.25, 0.3) is 0 Å². The highest BCUT2D eigenvalue weighted by Crippen LogP contribution is 2.28. The molecule has 5 nitrogen and oxygen atoms in total. The largest absolute Gasteiger partial charge is 0.493 e. The Bertz CT molecular complexity index is 605. The van der Waals surface area contributed by atoms with E-state index in [1.165, 1.54) is 0 Å². The number of nitrogens with zero attached hydrogens (tertiary/aromatic N) is 2. The summed E-state index contributed by atoms with van der Waals surface area (Å²) in [6.07, 6.45) is 3.75. The molecule has 21 heavy (non-hydrogen) atoms. The van der Waals surface area contributed by atoms with Crippen molar-refractivity contribution in [3.63, 3.8) is 0 Å². The molecule has 0 saturated carbocycles. The molecule has 0 fully saturated rings. The first-order valence-corrected chi connectivity index (χ1v) is 6.92. The molecule has 1 heterocycles. The van der Waals surface area contributed by atoms with Crippen molar-refractivity contribution in [1.82, 2.24) is 14.9 Å². The van der Waals surface area contributed by atoms with Crippen LogP contribution in [-0.4, -0.2) is 30.8 Å². The Kier molecular flexibility index (Phi) is 4.53. The molecule has 5 heteroatoms. The first-order valence-electron chi connectivity index (χ1n) is 6.92. The molecule has 0 bridgehead atoms. The van der Waals surface area contributed by atoms with E-state index in [-0.39, 0.29) is 5.54 Å². The molecule has 0 saturated heterocycles. The van der Waals surface area contributed by atoms with Gasteiger partial charge in [0, 0.05) is 6.54 Å². The average Bonchev–Trinajstić information content (AvgIpc) is 2.96. The molecule has 0 spiro atoms. The minimum absolute atomic E-state index is 0.132. The number of hydrogen-bond donors (Lipinski definition) is 1. The summed E-state index contributed by atoms with van der Waals surface area (Å²) in [4.78, 5) is 4.28. The first-order chi connectivity index (χ1) is 10.0. The lowest BCUT2D eigenvalue weighted by atomic mass is 10.0. The third-order valence-electron chi connectivity index (χ3n) is 3.78. The fourth-order valence-corrected chi connectivity index (χ4v) is 2.27. The van der Waals surface area contributed by atoms with E-state index in [0.29, 0.717) is 0 Å². The van der Waals surface area contributed by atoms with Gasteiger partial charge in [0.25, 0.3) is 0 Å². The van der Waals surface area contributed by atoms with Crippen LogP contribution in [0.4, 0.5) is 0 Å². The van der Waals surface area contributed by atoms with Gasteiger partial charge in [-0.15, -0.1) is 0 Å². The maximum Gasteiger partial charge on any atom is 0.161 e. The highest BCUT2D eigenvalue weighted by Gasteiger charge is 2.22. The van der Waals surface area contributed by atoms with Gasteiger partial charge in [0.2, 0.25) is 0 Å². The second kappa shape index (κ2) is 6.18. The van der Waals surface area contributed by atoms with Gasteiger partial charge in [0.1, 0.15) is 0 Å². The smallest absolute Gasteiger partial charge is 0.161 e. The van der Waals surface area contributed by atoms with Crippen LogP contribution in [0.15, 0.2) is 30.7 Å². The van der Waals surface area contributed by atoms with E-state index >= 15 is 0 Å². The highest BCUT2D eigenvalue weighted by atomic mass is 16.5. The van der Waals surface area contributed by atoms with E-state index in [2.05, 4.69) is 28.7 Å². The monoisotopic (exact) mass is 289 g/mol. The fourth-order valence-electron chi connectivity index (χ4n) is 2.27. The van der Waals surface area contributed by atoms with E-state index in [1.54, 1.807) is 14.2 Å². The molecule has 0 amide bonds. The van der Waals surface area contributed by atoms with E-state index in [0.717, 1.165) is 29.3 Å². The van der Waals surface area contributed by atoms with Crippen molar-refractivity contribution in [2.75, 3.05) is 21.3 Å². The third kappa shape index (κ3) is 3.19. The lowest BCUT2D eigenvalue weighted by molar-refractivity contribution is 0.354. The maximum atomic E-state index is 5.35. The van der Waals surface area contributed by atoms with Crippen LogP contribution in [0.3, 0.4) is 0 Å². The Balaban J connectivity index is 2.29. The fraction of sp³-hybridized carbons (Fsp3) is 0.438. The zero-order valence-corrected chi connectivity index (χ0v) is 13.3. The zero-order valence-electron chi connectivity index (χ0n) is 13.3. The number of aromatic nitrogens is 2. The van der Waals surface area contributed by atoms with Gasteiger partial charge in [0.15, 0.2) is 11.5 Å². The predicted molar refractivity (Wildman–Crippen MR) is 83.0 cm³/mol. The minimum Gasteiger partial charge on any atom is -0.493 e. The summed E-state index contributed by atoms with van der Waals surface area (Å²) >= 11 is 0. The Morgan fingerprint density at radius 3 is 2.52 bits per heavy atom. The summed E-state index contributed by atoms with van der Waals surface area (Å²) in [5.74, 6) is 1.48. The van der Waals surface area contributed by atoms with Crippen LogP contribution in [0.5, 0.6) is 11.5 Å². The van der Waals surface area contributed by atoms with Crippen LogP contribution in [-0.2, 0) is 12.1 Å². The van der Waals surface area contributed by atoms with Crippen LogP contribution >= 0.6 is 0 Å². The standard InChI is InChI=1S/C16H23N3O2/c1-16(2,17-3)15-9-18-11-19(15)10-12-6-7-13(20-4)14(8-12)21-5/h6-9,11,17H,10H2,1-5H3. The highest BCUT2D eigenvalue weighted by molar-refractivity contribution is 5.43. The molecule has 0 unspecified atom stereocenters. The van der Waals surface area contributed by atoms with Crippen molar-refractivity contribution < 1.29 is 9.47 Å². The summed E-state index contributed by atoms with van der Waals surface area (Å²) in [5.41, 5.74) is 2.14. The van der Waals surface area contributed by atoms with E-state index < -0.39 is 0 Å². The molecule has 0 aliphatic rings. The molecular formula is C16H23N3O2. The first kappa shape index (κ1) is 15.4. The van der Waals surface area contributed by atoms with Crippen molar-refractivity contribution >= 4 is 0 Å². The minimum atomic E-state index is -0.132. The quantitative estimate of drug-likeness (QED) is 0.887. The van der Waals surface area contributed by atoms with Gasteiger partial charge in [-0.3, -0.25) is 0 Å². The van der Waals surface area contributed by atoms with Crippen LogP contribution in [0.2, 0.25) is 0 Å². The number of rotatable bonds is 6. The Morgan fingerprint density at radius 1 is 1.19 bits per heavy atom. The van der Waals surface area contributed by atoms with E-state index in [4.69, 9.17) is 9.47 Å². The molecule has 0 aliphatic heterocycles.